The molecule has 0 heterocycles. The topological polar surface area (TPSA) is 131 Å². The summed E-state index contributed by atoms with van der Waals surface area (Å²) in [5, 5.41) is 5.21. The molecular weight excluding hydrogens is 386 g/mol. The summed E-state index contributed by atoms with van der Waals surface area (Å²) in [7, 11) is -3.98. The van der Waals surface area contributed by atoms with Gasteiger partial charge in [-0.3, -0.25) is 14.4 Å². The molecule has 0 saturated carbocycles. The highest BCUT2D eigenvalue weighted by molar-refractivity contribution is 7.89. The molecular formula is C18H27N3O6S. The van der Waals surface area contributed by atoms with Crippen molar-refractivity contribution in [2.24, 2.45) is 0 Å². The Morgan fingerprint density at radius 3 is 2.25 bits per heavy atom. The number of sulfonamides is 1. The van der Waals surface area contributed by atoms with Gasteiger partial charge in [-0.05, 0) is 44.5 Å². The molecule has 156 valence electrons. The molecule has 3 N–H and O–H groups in total. The van der Waals surface area contributed by atoms with Crippen molar-refractivity contribution in [3.8, 4) is 0 Å². The highest BCUT2D eigenvalue weighted by atomic mass is 32.2. The Labute approximate surface area is 165 Å². The van der Waals surface area contributed by atoms with Gasteiger partial charge in [0.2, 0.25) is 15.9 Å². The zero-order valence-corrected chi connectivity index (χ0v) is 17.3. The van der Waals surface area contributed by atoms with Crippen LogP contribution in [0.5, 0.6) is 0 Å². The molecule has 0 spiro atoms. The lowest BCUT2D eigenvalue weighted by molar-refractivity contribution is -0.149. The molecule has 2 atom stereocenters. The molecule has 10 heteroatoms. The van der Waals surface area contributed by atoms with E-state index in [0.29, 0.717) is 5.69 Å². The minimum absolute atomic E-state index is 0.0346. The van der Waals surface area contributed by atoms with Crippen LogP contribution in [0.15, 0.2) is 29.2 Å². The number of carbonyl (C=O) groups excluding carboxylic acids is 3. The summed E-state index contributed by atoms with van der Waals surface area (Å²) in [4.78, 5) is 34.6. The average Bonchev–Trinajstić information content (AvgIpc) is 2.59. The average molecular weight is 413 g/mol. The van der Waals surface area contributed by atoms with Crippen LogP contribution < -0.4 is 15.4 Å². The van der Waals surface area contributed by atoms with Crippen LogP contribution in [-0.2, 0) is 29.1 Å². The van der Waals surface area contributed by atoms with Crippen LogP contribution in [0.3, 0.4) is 0 Å². The number of benzene rings is 1. The number of ether oxygens (including phenoxy) is 1. The normalized spacial score (nSPS) is 13.3. The standard InChI is InChI=1S/C18H27N3O6S/c1-5-6-12(2)19-17(23)11-27-18(24)13(3)21-28(25,26)16-9-7-15(8-10-16)20-14(4)22/h7-10,12-13,21H,5-6,11H2,1-4H3,(H,19,23)(H,20,22)/t12-,13-/m0/s1. The van der Waals surface area contributed by atoms with Crippen LogP contribution in [0.4, 0.5) is 5.69 Å². The summed E-state index contributed by atoms with van der Waals surface area (Å²) < 4.78 is 31.8. The second-order valence-electron chi connectivity index (χ2n) is 6.41. The molecule has 1 aromatic rings. The van der Waals surface area contributed by atoms with Crippen LogP contribution >= 0.6 is 0 Å². The summed E-state index contributed by atoms with van der Waals surface area (Å²) in [6, 6.07) is 4.25. The molecule has 0 bridgehead atoms. The first kappa shape index (κ1) is 23.6. The smallest absolute Gasteiger partial charge is 0.324 e. The van der Waals surface area contributed by atoms with E-state index in [1.165, 1.54) is 38.1 Å². The fraction of sp³-hybridized carbons (Fsp3) is 0.500. The second kappa shape index (κ2) is 10.8. The van der Waals surface area contributed by atoms with Crippen molar-refractivity contribution in [2.45, 2.75) is 57.5 Å². The summed E-state index contributed by atoms with van der Waals surface area (Å²) in [5.74, 6) is -1.59. The molecule has 28 heavy (non-hydrogen) atoms. The first-order chi connectivity index (χ1) is 13.0. The highest BCUT2D eigenvalue weighted by Crippen LogP contribution is 2.14. The van der Waals surface area contributed by atoms with Gasteiger partial charge >= 0.3 is 5.97 Å². The summed E-state index contributed by atoms with van der Waals surface area (Å²) in [6.07, 6.45) is 1.71. The molecule has 0 radical (unpaired) electrons. The van der Waals surface area contributed by atoms with Crippen molar-refractivity contribution < 1.29 is 27.5 Å². The maximum Gasteiger partial charge on any atom is 0.324 e. The van der Waals surface area contributed by atoms with Gasteiger partial charge in [-0.1, -0.05) is 13.3 Å². The molecule has 1 aromatic carbocycles. The fourth-order valence-corrected chi connectivity index (χ4v) is 3.55. The minimum atomic E-state index is -3.98. The second-order valence-corrected chi connectivity index (χ2v) is 8.13. The highest BCUT2D eigenvalue weighted by Gasteiger charge is 2.24. The Morgan fingerprint density at radius 1 is 1.11 bits per heavy atom. The third-order valence-electron chi connectivity index (χ3n) is 3.65. The van der Waals surface area contributed by atoms with Crippen LogP contribution in [0.25, 0.3) is 0 Å². The summed E-state index contributed by atoms with van der Waals surface area (Å²) in [6.45, 7) is 6.01. The van der Waals surface area contributed by atoms with Crippen LogP contribution in [0.2, 0.25) is 0 Å². The van der Waals surface area contributed by atoms with Crippen molar-refractivity contribution >= 4 is 33.5 Å². The zero-order chi connectivity index (χ0) is 21.3. The van der Waals surface area contributed by atoms with Gasteiger partial charge in [-0.25, -0.2) is 8.42 Å². The molecule has 2 amide bonds. The first-order valence-corrected chi connectivity index (χ1v) is 10.4. The van der Waals surface area contributed by atoms with Crippen molar-refractivity contribution in [2.75, 3.05) is 11.9 Å². The lowest BCUT2D eigenvalue weighted by Crippen LogP contribution is -2.41. The predicted octanol–water partition coefficient (Wildman–Crippen LogP) is 1.16. The maximum absolute atomic E-state index is 12.4. The van der Waals surface area contributed by atoms with E-state index in [4.69, 9.17) is 4.74 Å². The van der Waals surface area contributed by atoms with Crippen molar-refractivity contribution in [1.29, 1.82) is 0 Å². The van der Waals surface area contributed by atoms with Crippen LogP contribution in [-0.4, -0.2) is 44.9 Å². The number of hydrogen-bond acceptors (Lipinski definition) is 6. The monoisotopic (exact) mass is 413 g/mol. The van der Waals surface area contributed by atoms with Gasteiger partial charge in [0.05, 0.1) is 4.90 Å². The molecule has 0 aliphatic heterocycles. The maximum atomic E-state index is 12.4. The van der Waals surface area contributed by atoms with Crippen LogP contribution in [0.1, 0.15) is 40.5 Å². The Kier molecular flexibility index (Phi) is 9.07. The molecule has 9 nitrogen and oxygen atoms in total. The minimum Gasteiger partial charge on any atom is -0.454 e. The fourth-order valence-electron chi connectivity index (χ4n) is 2.35. The number of carbonyl (C=O) groups is 3. The molecule has 0 aromatic heterocycles. The van der Waals surface area contributed by atoms with E-state index in [0.717, 1.165) is 12.8 Å². The van der Waals surface area contributed by atoms with E-state index in [9.17, 15) is 22.8 Å². The van der Waals surface area contributed by atoms with E-state index in [-0.39, 0.29) is 16.8 Å². The van der Waals surface area contributed by atoms with Gasteiger partial charge < -0.3 is 15.4 Å². The van der Waals surface area contributed by atoms with Gasteiger partial charge in [0.25, 0.3) is 5.91 Å². The van der Waals surface area contributed by atoms with Gasteiger partial charge in [-0.2, -0.15) is 4.72 Å². The Morgan fingerprint density at radius 2 is 1.71 bits per heavy atom. The third-order valence-corrected chi connectivity index (χ3v) is 5.20. The number of hydrogen-bond donors (Lipinski definition) is 3. The number of amides is 2. The SMILES string of the molecule is CCC[C@H](C)NC(=O)COC(=O)[C@H](C)NS(=O)(=O)c1ccc(NC(C)=O)cc1. The number of rotatable bonds is 10. The lowest BCUT2D eigenvalue weighted by atomic mass is 10.2. The third kappa shape index (κ3) is 8.05. The van der Waals surface area contributed by atoms with Gasteiger partial charge in [0.1, 0.15) is 6.04 Å². The van der Waals surface area contributed by atoms with Gasteiger partial charge in [-0.15, -0.1) is 0 Å². The Hall–Kier alpha value is -2.46. The molecule has 0 fully saturated rings. The Bertz CT molecular complexity index is 792. The lowest BCUT2D eigenvalue weighted by Gasteiger charge is -2.15. The first-order valence-electron chi connectivity index (χ1n) is 8.91. The van der Waals surface area contributed by atoms with Gasteiger partial charge in [0, 0.05) is 18.7 Å². The van der Waals surface area contributed by atoms with Crippen molar-refractivity contribution in [1.82, 2.24) is 10.0 Å². The van der Waals surface area contributed by atoms with E-state index in [1.54, 1.807) is 0 Å². The molecule has 0 saturated heterocycles. The van der Waals surface area contributed by atoms with E-state index in [2.05, 4.69) is 15.4 Å². The van der Waals surface area contributed by atoms with Gasteiger partial charge in [0.15, 0.2) is 6.61 Å². The number of esters is 1. The quantitative estimate of drug-likeness (QED) is 0.494. The summed E-state index contributed by atoms with van der Waals surface area (Å²) >= 11 is 0. The zero-order valence-electron chi connectivity index (χ0n) is 16.4. The van der Waals surface area contributed by atoms with E-state index in [1.807, 2.05) is 13.8 Å². The van der Waals surface area contributed by atoms with Crippen molar-refractivity contribution in [3.05, 3.63) is 24.3 Å². The number of anilines is 1. The van der Waals surface area contributed by atoms with E-state index < -0.39 is 34.5 Å². The molecule has 0 aliphatic carbocycles. The van der Waals surface area contributed by atoms with Crippen LogP contribution in [0, 0.1) is 0 Å². The number of nitrogens with one attached hydrogen (secondary N) is 3. The molecule has 0 unspecified atom stereocenters. The predicted molar refractivity (Wildman–Crippen MR) is 104 cm³/mol. The summed E-state index contributed by atoms with van der Waals surface area (Å²) in [5.41, 5.74) is 0.447. The van der Waals surface area contributed by atoms with E-state index >= 15 is 0 Å². The molecule has 0 aliphatic rings. The molecule has 1 rings (SSSR count). The Balaban J connectivity index is 2.59. The largest absolute Gasteiger partial charge is 0.454 e. The van der Waals surface area contributed by atoms with Crippen molar-refractivity contribution in [3.63, 3.8) is 0 Å².